The Balaban J connectivity index is 0.000000371. The topological polar surface area (TPSA) is 22.0 Å². The van der Waals surface area contributed by atoms with Crippen molar-refractivity contribution in [3.8, 4) is 0 Å². The predicted molar refractivity (Wildman–Crippen MR) is 42.1 cm³/mol. The van der Waals surface area contributed by atoms with Crippen LogP contribution in [0.2, 0.25) is 0 Å². The first-order valence-corrected chi connectivity index (χ1v) is 3.41. The van der Waals surface area contributed by atoms with E-state index in [2.05, 4.69) is 0 Å². The molecule has 0 aliphatic carbocycles. The summed E-state index contributed by atoms with van der Waals surface area (Å²) in [5.74, 6) is 0. The van der Waals surface area contributed by atoms with E-state index in [4.69, 9.17) is 0 Å². The molecule has 0 saturated carbocycles. The molecule has 0 N–H and O–H groups in total. The lowest BCUT2D eigenvalue weighted by Crippen LogP contribution is -1.90. The van der Waals surface area contributed by atoms with Crippen molar-refractivity contribution in [1.29, 1.82) is 0 Å². The maximum Gasteiger partial charge on any atom is 0.166 e. The molecule has 1 aromatic heterocycles. The van der Waals surface area contributed by atoms with Crippen molar-refractivity contribution in [1.82, 2.24) is 4.57 Å². The number of hydrogen-bond acceptors (Lipinski definition) is 1. The predicted octanol–water partition coefficient (Wildman–Crippen LogP) is 1.86. The summed E-state index contributed by atoms with van der Waals surface area (Å²) in [5, 5.41) is 0. The molecule has 2 nitrogen and oxygen atoms in total. The zero-order valence-corrected chi connectivity index (χ0v) is 6.66. The minimum absolute atomic E-state index is 0.713. The van der Waals surface area contributed by atoms with Crippen LogP contribution < -0.4 is 0 Å². The SMILES string of the molecule is CC.Cn1cccc1C=O. The average molecular weight is 139 g/mol. The number of aldehydes is 1. The van der Waals surface area contributed by atoms with Gasteiger partial charge in [-0.2, -0.15) is 0 Å². The van der Waals surface area contributed by atoms with Crippen LogP contribution in [0.5, 0.6) is 0 Å². The third-order valence-electron chi connectivity index (χ3n) is 1.10. The molecular weight excluding hydrogens is 126 g/mol. The van der Waals surface area contributed by atoms with Gasteiger partial charge in [-0.05, 0) is 12.1 Å². The van der Waals surface area contributed by atoms with E-state index < -0.39 is 0 Å². The van der Waals surface area contributed by atoms with Crippen LogP contribution in [-0.2, 0) is 7.05 Å². The maximum atomic E-state index is 10.1. The van der Waals surface area contributed by atoms with Crippen molar-refractivity contribution >= 4 is 6.29 Å². The van der Waals surface area contributed by atoms with Crippen molar-refractivity contribution in [2.75, 3.05) is 0 Å². The van der Waals surface area contributed by atoms with Crippen molar-refractivity contribution in [2.24, 2.45) is 7.05 Å². The lowest BCUT2D eigenvalue weighted by Gasteiger charge is -1.88. The molecule has 1 rings (SSSR count). The Labute approximate surface area is 61.5 Å². The molecule has 10 heavy (non-hydrogen) atoms. The Kier molecular flexibility index (Phi) is 4.29. The number of hydrogen-bond donors (Lipinski definition) is 0. The Morgan fingerprint density at radius 2 is 2.10 bits per heavy atom. The van der Waals surface area contributed by atoms with Crippen LogP contribution in [0.1, 0.15) is 24.3 Å². The van der Waals surface area contributed by atoms with Crippen LogP contribution in [0.25, 0.3) is 0 Å². The summed E-state index contributed by atoms with van der Waals surface area (Å²) in [6.45, 7) is 4.00. The summed E-state index contributed by atoms with van der Waals surface area (Å²) < 4.78 is 1.77. The lowest BCUT2D eigenvalue weighted by molar-refractivity contribution is 0.111. The fourth-order valence-corrected chi connectivity index (χ4v) is 0.597. The summed E-state index contributed by atoms with van der Waals surface area (Å²) in [6.07, 6.45) is 2.67. The van der Waals surface area contributed by atoms with Gasteiger partial charge in [-0.3, -0.25) is 4.79 Å². The van der Waals surface area contributed by atoms with Gasteiger partial charge in [0, 0.05) is 13.2 Å². The van der Waals surface area contributed by atoms with E-state index in [1.54, 1.807) is 10.6 Å². The van der Waals surface area contributed by atoms with Gasteiger partial charge in [0.15, 0.2) is 6.29 Å². The number of aryl methyl sites for hydroxylation is 1. The fourth-order valence-electron chi connectivity index (χ4n) is 0.597. The second kappa shape index (κ2) is 4.79. The first kappa shape index (κ1) is 8.95. The molecule has 0 atom stereocenters. The van der Waals surface area contributed by atoms with E-state index in [0.717, 1.165) is 6.29 Å². The standard InChI is InChI=1S/C6H7NO.C2H6/c1-7-4-2-3-6(7)5-8;1-2/h2-5H,1H3;1-2H3. The van der Waals surface area contributed by atoms with Crippen LogP contribution in [0.4, 0.5) is 0 Å². The van der Waals surface area contributed by atoms with Crippen molar-refractivity contribution in [3.63, 3.8) is 0 Å². The lowest BCUT2D eigenvalue weighted by atomic mass is 10.5. The van der Waals surface area contributed by atoms with Gasteiger partial charge in [0.2, 0.25) is 0 Å². The summed E-state index contributed by atoms with van der Waals surface area (Å²) in [6, 6.07) is 3.61. The molecule has 0 amide bonds. The van der Waals surface area contributed by atoms with E-state index in [1.165, 1.54) is 0 Å². The summed E-state index contributed by atoms with van der Waals surface area (Å²) >= 11 is 0. The second-order valence-electron chi connectivity index (χ2n) is 1.66. The zero-order valence-electron chi connectivity index (χ0n) is 6.66. The molecule has 1 heterocycles. The Bertz CT molecular complexity index is 191. The molecule has 56 valence electrons. The molecule has 0 unspecified atom stereocenters. The van der Waals surface area contributed by atoms with Crippen molar-refractivity contribution < 1.29 is 4.79 Å². The van der Waals surface area contributed by atoms with Gasteiger partial charge in [-0.15, -0.1) is 0 Å². The molecule has 0 saturated heterocycles. The number of nitrogens with zero attached hydrogens (tertiary/aromatic N) is 1. The Morgan fingerprint density at radius 3 is 2.30 bits per heavy atom. The van der Waals surface area contributed by atoms with Crippen LogP contribution in [0.3, 0.4) is 0 Å². The molecule has 0 aliphatic heterocycles. The number of carbonyl (C=O) groups excluding carboxylic acids is 1. The number of carbonyl (C=O) groups is 1. The van der Waals surface area contributed by atoms with Gasteiger partial charge in [-0.25, -0.2) is 0 Å². The third kappa shape index (κ3) is 2.05. The molecule has 0 spiro atoms. The highest BCUT2D eigenvalue weighted by molar-refractivity contribution is 5.72. The van der Waals surface area contributed by atoms with E-state index in [-0.39, 0.29) is 0 Å². The van der Waals surface area contributed by atoms with E-state index in [1.807, 2.05) is 33.2 Å². The van der Waals surface area contributed by atoms with Crippen LogP contribution in [-0.4, -0.2) is 10.9 Å². The third-order valence-corrected chi connectivity index (χ3v) is 1.10. The second-order valence-corrected chi connectivity index (χ2v) is 1.66. The molecule has 0 aliphatic rings. The minimum Gasteiger partial charge on any atom is -0.348 e. The number of aromatic nitrogens is 1. The summed E-state index contributed by atoms with van der Waals surface area (Å²) in [5.41, 5.74) is 0.713. The fraction of sp³-hybridized carbons (Fsp3) is 0.375. The highest BCUT2D eigenvalue weighted by Gasteiger charge is 1.89. The van der Waals surface area contributed by atoms with Crippen LogP contribution >= 0.6 is 0 Å². The van der Waals surface area contributed by atoms with Gasteiger partial charge in [0.1, 0.15) is 0 Å². The Hall–Kier alpha value is -1.05. The van der Waals surface area contributed by atoms with E-state index >= 15 is 0 Å². The normalized spacial score (nSPS) is 7.90. The highest BCUT2D eigenvalue weighted by Crippen LogP contribution is 1.92. The quantitative estimate of drug-likeness (QED) is 0.544. The summed E-state index contributed by atoms with van der Waals surface area (Å²) in [7, 11) is 1.84. The van der Waals surface area contributed by atoms with Crippen molar-refractivity contribution in [2.45, 2.75) is 13.8 Å². The average Bonchev–Trinajstić information content (AvgIpc) is 2.39. The molecule has 2 heteroatoms. The van der Waals surface area contributed by atoms with Crippen LogP contribution in [0.15, 0.2) is 18.3 Å². The van der Waals surface area contributed by atoms with E-state index in [0.29, 0.717) is 5.69 Å². The van der Waals surface area contributed by atoms with Gasteiger partial charge >= 0.3 is 0 Å². The molecule has 0 bridgehead atoms. The van der Waals surface area contributed by atoms with E-state index in [9.17, 15) is 4.79 Å². The first-order valence-electron chi connectivity index (χ1n) is 3.41. The van der Waals surface area contributed by atoms with Gasteiger partial charge in [-0.1, -0.05) is 13.8 Å². The minimum atomic E-state index is 0.713. The molecule has 0 radical (unpaired) electrons. The smallest absolute Gasteiger partial charge is 0.166 e. The largest absolute Gasteiger partial charge is 0.348 e. The van der Waals surface area contributed by atoms with Gasteiger partial charge in [0.25, 0.3) is 0 Å². The molecule has 1 aromatic rings. The van der Waals surface area contributed by atoms with Crippen molar-refractivity contribution in [3.05, 3.63) is 24.0 Å². The highest BCUT2D eigenvalue weighted by atomic mass is 16.1. The monoisotopic (exact) mass is 139 g/mol. The molecule has 0 aromatic carbocycles. The summed E-state index contributed by atoms with van der Waals surface area (Å²) in [4.78, 5) is 10.1. The van der Waals surface area contributed by atoms with Gasteiger partial charge < -0.3 is 4.57 Å². The Morgan fingerprint density at radius 1 is 1.50 bits per heavy atom. The molecular formula is C8H13NO. The van der Waals surface area contributed by atoms with Gasteiger partial charge in [0.05, 0.1) is 5.69 Å². The number of rotatable bonds is 1. The van der Waals surface area contributed by atoms with Crippen LogP contribution in [0, 0.1) is 0 Å². The zero-order chi connectivity index (χ0) is 7.98. The first-order chi connectivity index (χ1) is 4.84. The molecule has 0 fully saturated rings. The maximum absolute atomic E-state index is 10.1.